The molecule has 134 valence electrons. The molecule has 0 fully saturated rings. The van der Waals surface area contributed by atoms with Crippen LogP contribution in [0.25, 0.3) is 0 Å². The lowest BCUT2D eigenvalue weighted by Crippen LogP contribution is -2.12. The van der Waals surface area contributed by atoms with Crippen molar-refractivity contribution in [3.05, 3.63) is 99.3 Å². The zero-order valence-electron chi connectivity index (χ0n) is 14.0. The van der Waals surface area contributed by atoms with Crippen LogP contribution in [0.1, 0.15) is 16.7 Å². The zero-order chi connectivity index (χ0) is 18.4. The number of nitrogens with one attached hydrogen (secondary N) is 1. The highest BCUT2D eigenvalue weighted by molar-refractivity contribution is 6.35. The van der Waals surface area contributed by atoms with Gasteiger partial charge in [-0.05, 0) is 47.5 Å². The lowest BCUT2D eigenvalue weighted by atomic mass is 10.2. The summed E-state index contributed by atoms with van der Waals surface area (Å²) in [6, 6.07) is 19.7. The second-order valence-electron chi connectivity index (χ2n) is 5.90. The Kier molecular flexibility index (Phi) is 6.51. The van der Waals surface area contributed by atoms with Gasteiger partial charge < -0.3 is 10.1 Å². The number of ether oxygens (including phenoxy) is 1. The SMILES string of the molecule is Fc1ccc(CNCc2cccc(OCc3ccc(Cl)cc3Cl)c2)cc1. The van der Waals surface area contributed by atoms with Gasteiger partial charge in [0, 0.05) is 28.7 Å². The first kappa shape index (κ1) is 18.7. The summed E-state index contributed by atoms with van der Waals surface area (Å²) in [5.41, 5.74) is 3.03. The predicted octanol–water partition coefficient (Wildman–Crippen LogP) is 6.00. The molecule has 0 saturated heterocycles. The fourth-order valence-corrected chi connectivity index (χ4v) is 2.96. The molecule has 5 heteroatoms. The van der Waals surface area contributed by atoms with Gasteiger partial charge in [-0.15, -0.1) is 0 Å². The van der Waals surface area contributed by atoms with Crippen molar-refractivity contribution in [2.45, 2.75) is 19.7 Å². The first-order valence-corrected chi connectivity index (χ1v) is 8.96. The quantitative estimate of drug-likeness (QED) is 0.534. The molecule has 0 atom stereocenters. The van der Waals surface area contributed by atoms with E-state index in [-0.39, 0.29) is 5.82 Å². The number of hydrogen-bond acceptors (Lipinski definition) is 2. The Balaban J connectivity index is 1.53. The summed E-state index contributed by atoms with van der Waals surface area (Å²) >= 11 is 12.1. The maximum absolute atomic E-state index is 12.9. The molecule has 0 saturated carbocycles. The summed E-state index contributed by atoms with van der Waals surface area (Å²) in [6.45, 7) is 1.74. The van der Waals surface area contributed by atoms with Gasteiger partial charge in [0.15, 0.2) is 0 Å². The Bertz CT molecular complexity index is 868. The lowest BCUT2D eigenvalue weighted by molar-refractivity contribution is 0.306. The molecule has 0 heterocycles. The van der Waals surface area contributed by atoms with E-state index in [1.807, 2.05) is 30.3 Å². The third-order valence-corrected chi connectivity index (χ3v) is 4.47. The highest BCUT2D eigenvalue weighted by atomic mass is 35.5. The van der Waals surface area contributed by atoms with Crippen LogP contribution in [-0.4, -0.2) is 0 Å². The van der Waals surface area contributed by atoms with Gasteiger partial charge in [-0.3, -0.25) is 0 Å². The van der Waals surface area contributed by atoms with Crippen molar-refractivity contribution < 1.29 is 9.13 Å². The lowest BCUT2D eigenvalue weighted by Gasteiger charge is -2.10. The standard InChI is InChI=1S/C21H18Cl2FNO/c22-18-7-6-17(21(23)11-18)14-26-20-3-1-2-16(10-20)13-25-12-15-4-8-19(24)9-5-15/h1-11,25H,12-14H2. The van der Waals surface area contributed by atoms with Crippen molar-refractivity contribution in [3.63, 3.8) is 0 Å². The third-order valence-electron chi connectivity index (χ3n) is 3.88. The molecular weight excluding hydrogens is 372 g/mol. The van der Waals surface area contributed by atoms with E-state index >= 15 is 0 Å². The summed E-state index contributed by atoms with van der Waals surface area (Å²) in [5, 5.41) is 4.54. The number of benzene rings is 3. The summed E-state index contributed by atoms with van der Waals surface area (Å²) in [7, 11) is 0. The van der Waals surface area contributed by atoms with Crippen LogP contribution in [0.15, 0.2) is 66.7 Å². The molecule has 0 unspecified atom stereocenters. The molecule has 0 aliphatic heterocycles. The van der Waals surface area contributed by atoms with Crippen LogP contribution >= 0.6 is 23.2 Å². The topological polar surface area (TPSA) is 21.3 Å². The van der Waals surface area contributed by atoms with Crippen LogP contribution in [0.2, 0.25) is 10.0 Å². The second kappa shape index (κ2) is 9.04. The van der Waals surface area contributed by atoms with Crippen LogP contribution in [0.5, 0.6) is 5.75 Å². The highest BCUT2D eigenvalue weighted by Gasteiger charge is 2.03. The minimum absolute atomic E-state index is 0.223. The van der Waals surface area contributed by atoms with Gasteiger partial charge in [0.2, 0.25) is 0 Å². The smallest absolute Gasteiger partial charge is 0.123 e. The van der Waals surface area contributed by atoms with E-state index in [4.69, 9.17) is 27.9 Å². The summed E-state index contributed by atoms with van der Waals surface area (Å²) in [6.07, 6.45) is 0. The second-order valence-corrected chi connectivity index (χ2v) is 6.75. The van der Waals surface area contributed by atoms with E-state index in [1.54, 1.807) is 24.3 Å². The molecular formula is C21H18Cl2FNO. The van der Waals surface area contributed by atoms with Gasteiger partial charge in [0.25, 0.3) is 0 Å². The van der Waals surface area contributed by atoms with E-state index in [0.29, 0.717) is 29.7 Å². The molecule has 2 nitrogen and oxygen atoms in total. The Morgan fingerprint density at radius 3 is 2.38 bits per heavy atom. The van der Waals surface area contributed by atoms with Crippen molar-refractivity contribution in [1.82, 2.24) is 5.32 Å². The molecule has 0 amide bonds. The fraction of sp³-hybridized carbons (Fsp3) is 0.143. The molecule has 3 aromatic rings. The van der Waals surface area contributed by atoms with Gasteiger partial charge in [0.1, 0.15) is 18.2 Å². The van der Waals surface area contributed by atoms with E-state index in [9.17, 15) is 4.39 Å². The Morgan fingerprint density at radius 1 is 0.846 bits per heavy atom. The Morgan fingerprint density at radius 2 is 1.62 bits per heavy atom. The van der Waals surface area contributed by atoms with Gasteiger partial charge in [-0.2, -0.15) is 0 Å². The van der Waals surface area contributed by atoms with E-state index in [0.717, 1.165) is 22.4 Å². The van der Waals surface area contributed by atoms with Crippen LogP contribution in [0, 0.1) is 5.82 Å². The third kappa shape index (κ3) is 5.46. The molecule has 3 rings (SSSR count). The molecule has 3 aromatic carbocycles. The predicted molar refractivity (Wildman–Crippen MR) is 104 cm³/mol. The van der Waals surface area contributed by atoms with Gasteiger partial charge in [0.05, 0.1) is 0 Å². The van der Waals surface area contributed by atoms with Crippen molar-refractivity contribution >= 4 is 23.2 Å². The van der Waals surface area contributed by atoms with Crippen molar-refractivity contribution in [3.8, 4) is 5.75 Å². The largest absolute Gasteiger partial charge is 0.489 e. The summed E-state index contributed by atoms with van der Waals surface area (Å²) in [4.78, 5) is 0. The molecule has 26 heavy (non-hydrogen) atoms. The number of rotatable bonds is 7. The molecule has 1 N–H and O–H groups in total. The first-order valence-electron chi connectivity index (χ1n) is 8.21. The van der Waals surface area contributed by atoms with Crippen LogP contribution in [0.3, 0.4) is 0 Å². The number of hydrogen-bond donors (Lipinski definition) is 1. The summed E-state index contributed by atoms with van der Waals surface area (Å²) in [5.74, 6) is 0.552. The van der Waals surface area contributed by atoms with Crippen LogP contribution < -0.4 is 10.1 Å². The molecule has 0 aliphatic carbocycles. The molecule has 0 aliphatic rings. The molecule has 0 spiro atoms. The van der Waals surface area contributed by atoms with E-state index in [2.05, 4.69) is 5.32 Å². The minimum Gasteiger partial charge on any atom is -0.489 e. The highest BCUT2D eigenvalue weighted by Crippen LogP contribution is 2.23. The average molecular weight is 390 g/mol. The van der Waals surface area contributed by atoms with E-state index in [1.165, 1.54) is 12.1 Å². The van der Waals surface area contributed by atoms with Crippen LogP contribution in [-0.2, 0) is 19.7 Å². The zero-order valence-corrected chi connectivity index (χ0v) is 15.5. The summed E-state index contributed by atoms with van der Waals surface area (Å²) < 4.78 is 18.7. The monoisotopic (exact) mass is 389 g/mol. The maximum atomic E-state index is 12.9. The maximum Gasteiger partial charge on any atom is 0.123 e. The van der Waals surface area contributed by atoms with Crippen molar-refractivity contribution in [2.75, 3.05) is 0 Å². The molecule has 0 radical (unpaired) electrons. The van der Waals surface area contributed by atoms with Gasteiger partial charge in [-0.1, -0.05) is 53.5 Å². The fourth-order valence-electron chi connectivity index (χ4n) is 2.50. The first-order chi connectivity index (χ1) is 12.6. The molecule has 0 bridgehead atoms. The average Bonchev–Trinajstić information content (AvgIpc) is 2.63. The molecule has 0 aromatic heterocycles. The Hall–Kier alpha value is -2.07. The Labute approximate surface area is 162 Å². The van der Waals surface area contributed by atoms with Crippen molar-refractivity contribution in [1.29, 1.82) is 0 Å². The normalized spacial score (nSPS) is 10.7. The number of halogens is 3. The minimum atomic E-state index is -0.223. The van der Waals surface area contributed by atoms with Crippen LogP contribution in [0.4, 0.5) is 4.39 Å². The van der Waals surface area contributed by atoms with Gasteiger partial charge >= 0.3 is 0 Å². The van der Waals surface area contributed by atoms with Crippen molar-refractivity contribution in [2.24, 2.45) is 0 Å². The van der Waals surface area contributed by atoms with E-state index < -0.39 is 0 Å². The van der Waals surface area contributed by atoms with Gasteiger partial charge in [-0.25, -0.2) is 4.39 Å².